The molecule has 3 heterocycles. The smallest absolute Gasteiger partial charge is 0.271 e. The molecule has 23 heavy (non-hydrogen) atoms. The molecule has 6 heteroatoms. The Hall–Kier alpha value is -1.92. The first-order chi connectivity index (χ1) is 11.2. The number of likely N-dealkylation sites (N-methyl/N-ethyl adjacent to an activating group) is 1. The highest BCUT2D eigenvalue weighted by atomic mass is 16.1. The molecule has 124 valence electrons. The van der Waals surface area contributed by atoms with Gasteiger partial charge in [0.05, 0.1) is 0 Å². The van der Waals surface area contributed by atoms with Gasteiger partial charge in [-0.2, -0.15) is 0 Å². The van der Waals surface area contributed by atoms with Crippen molar-refractivity contribution in [3.05, 3.63) is 35.8 Å². The Bertz CT molecular complexity index is 673. The zero-order valence-electron chi connectivity index (χ0n) is 14.0. The van der Waals surface area contributed by atoms with Crippen LogP contribution in [-0.4, -0.2) is 70.9 Å². The van der Waals surface area contributed by atoms with Gasteiger partial charge in [-0.05, 0) is 31.2 Å². The summed E-state index contributed by atoms with van der Waals surface area (Å²) in [5, 5.41) is 2.98. The second-order valence-electron chi connectivity index (χ2n) is 6.13. The fraction of sp³-hybridized carbons (Fsp3) is 0.529. The molecule has 1 saturated heterocycles. The van der Waals surface area contributed by atoms with Gasteiger partial charge in [0.2, 0.25) is 0 Å². The van der Waals surface area contributed by atoms with Gasteiger partial charge in [0.25, 0.3) is 5.91 Å². The van der Waals surface area contributed by atoms with Crippen molar-refractivity contribution in [2.24, 2.45) is 0 Å². The number of pyridine rings is 1. The van der Waals surface area contributed by atoms with Crippen molar-refractivity contribution < 1.29 is 4.79 Å². The van der Waals surface area contributed by atoms with Crippen LogP contribution in [0.5, 0.6) is 0 Å². The van der Waals surface area contributed by atoms with Crippen molar-refractivity contribution >= 4 is 11.6 Å². The zero-order chi connectivity index (χ0) is 16.2. The lowest BCUT2D eigenvalue weighted by Gasteiger charge is -2.33. The van der Waals surface area contributed by atoms with Crippen LogP contribution in [0.15, 0.2) is 24.5 Å². The van der Waals surface area contributed by atoms with Crippen molar-refractivity contribution in [2.75, 3.05) is 45.8 Å². The van der Waals surface area contributed by atoms with E-state index >= 15 is 0 Å². The van der Waals surface area contributed by atoms with E-state index in [9.17, 15) is 4.79 Å². The van der Waals surface area contributed by atoms with E-state index in [1.54, 1.807) is 6.20 Å². The average Bonchev–Trinajstić information content (AvgIpc) is 2.98. The van der Waals surface area contributed by atoms with Crippen LogP contribution in [0.1, 0.15) is 23.0 Å². The first kappa shape index (κ1) is 16.0. The number of fused-ring (bicyclic) bond motifs is 1. The molecule has 0 atom stereocenters. The maximum Gasteiger partial charge on any atom is 0.271 e. The second-order valence-corrected chi connectivity index (χ2v) is 6.13. The van der Waals surface area contributed by atoms with Crippen LogP contribution in [0.3, 0.4) is 0 Å². The van der Waals surface area contributed by atoms with E-state index in [4.69, 9.17) is 0 Å². The number of imidazole rings is 1. The molecule has 0 aromatic carbocycles. The summed E-state index contributed by atoms with van der Waals surface area (Å²) in [4.78, 5) is 21.5. The summed E-state index contributed by atoms with van der Waals surface area (Å²) in [5.74, 6) is -0.0986. The molecule has 1 fully saturated rings. The van der Waals surface area contributed by atoms with Gasteiger partial charge in [-0.3, -0.25) is 9.69 Å². The Morgan fingerprint density at radius 3 is 2.74 bits per heavy atom. The monoisotopic (exact) mass is 315 g/mol. The highest BCUT2D eigenvalue weighted by Gasteiger charge is 2.16. The molecule has 0 saturated carbocycles. The Labute approximate surface area is 137 Å². The number of hydrogen-bond donors (Lipinski definition) is 1. The van der Waals surface area contributed by atoms with Crippen LogP contribution in [0.25, 0.3) is 5.65 Å². The zero-order valence-corrected chi connectivity index (χ0v) is 14.0. The van der Waals surface area contributed by atoms with Crippen LogP contribution in [0.2, 0.25) is 0 Å². The molecule has 1 amide bonds. The molecular formula is C17H25N5O. The minimum atomic E-state index is -0.0986. The van der Waals surface area contributed by atoms with Crippen LogP contribution >= 0.6 is 0 Å². The molecule has 1 aliphatic rings. The highest BCUT2D eigenvalue weighted by molar-refractivity contribution is 5.92. The Kier molecular flexibility index (Phi) is 4.93. The first-order valence-corrected chi connectivity index (χ1v) is 8.34. The van der Waals surface area contributed by atoms with Crippen molar-refractivity contribution in [3.8, 4) is 0 Å². The lowest BCUT2D eigenvalue weighted by atomic mass is 10.3. The number of nitrogens with zero attached hydrogens (tertiary/aromatic N) is 4. The van der Waals surface area contributed by atoms with Crippen LogP contribution in [-0.2, 0) is 0 Å². The normalized spacial score (nSPS) is 16.8. The van der Waals surface area contributed by atoms with Gasteiger partial charge < -0.3 is 14.6 Å². The third-order valence-corrected chi connectivity index (χ3v) is 4.47. The minimum absolute atomic E-state index is 0.0986. The standard InChI is InChI=1S/C17H25N5O/c1-3-20-8-10-21(11-9-20)7-5-18-17(23)15-13-22-6-4-14(2)12-16(22)19-15/h4,6,12-13H,3,5,7-11H2,1-2H3,(H,18,23). The maximum atomic E-state index is 12.2. The van der Waals surface area contributed by atoms with E-state index in [-0.39, 0.29) is 5.91 Å². The van der Waals surface area contributed by atoms with E-state index in [1.807, 2.05) is 29.7 Å². The predicted octanol–water partition coefficient (Wildman–Crippen LogP) is 1.01. The average molecular weight is 315 g/mol. The van der Waals surface area contributed by atoms with Crippen molar-refractivity contribution in [1.82, 2.24) is 24.5 Å². The number of piperazine rings is 1. The number of aryl methyl sites for hydroxylation is 1. The SMILES string of the molecule is CCN1CCN(CCNC(=O)c2cn3ccc(C)cc3n2)CC1. The second kappa shape index (κ2) is 7.10. The molecule has 1 N–H and O–H groups in total. The lowest BCUT2D eigenvalue weighted by molar-refractivity contribution is 0.0933. The van der Waals surface area contributed by atoms with Gasteiger partial charge in [0.1, 0.15) is 11.3 Å². The summed E-state index contributed by atoms with van der Waals surface area (Å²) < 4.78 is 1.88. The molecule has 0 radical (unpaired) electrons. The number of aromatic nitrogens is 2. The maximum absolute atomic E-state index is 12.2. The molecule has 0 aliphatic carbocycles. The van der Waals surface area contributed by atoms with Crippen LogP contribution in [0, 0.1) is 6.92 Å². The number of hydrogen-bond acceptors (Lipinski definition) is 4. The van der Waals surface area contributed by atoms with Gasteiger partial charge >= 0.3 is 0 Å². The Balaban J connectivity index is 1.49. The van der Waals surface area contributed by atoms with Crippen LogP contribution in [0.4, 0.5) is 0 Å². The predicted molar refractivity (Wildman–Crippen MR) is 90.8 cm³/mol. The largest absolute Gasteiger partial charge is 0.349 e. The quantitative estimate of drug-likeness (QED) is 0.895. The molecule has 0 spiro atoms. The van der Waals surface area contributed by atoms with Crippen LogP contribution < -0.4 is 5.32 Å². The van der Waals surface area contributed by atoms with Gasteiger partial charge in [0, 0.05) is 51.7 Å². The number of nitrogens with one attached hydrogen (secondary N) is 1. The van der Waals surface area contributed by atoms with Crippen molar-refractivity contribution in [2.45, 2.75) is 13.8 Å². The molecular weight excluding hydrogens is 290 g/mol. The van der Waals surface area contributed by atoms with E-state index in [1.165, 1.54) is 0 Å². The molecule has 1 aliphatic heterocycles. The molecule has 2 aromatic heterocycles. The molecule has 2 aromatic rings. The summed E-state index contributed by atoms with van der Waals surface area (Å²) in [5.41, 5.74) is 2.43. The summed E-state index contributed by atoms with van der Waals surface area (Å²) in [6.07, 6.45) is 3.71. The summed E-state index contributed by atoms with van der Waals surface area (Å²) >= 11 is 0. The van der Waals surface area contributed by atoms with Gasteiger partial charge in [-0.15, -0.1) is 0 Å². The Morgan fingerprint density at radius 2 is 2.00 bits per heavy atom. The summed E-state index contributed by atoms with van der Waals surface area (Å²) in [7, 11) is 0. The fourth-order valence-electron chi connectivity index (χ4n) is 2.94. The van der Waals surface area contributed by atoms with Gasteiger partial charge in [-0.1, -0.05) is 6.92 Å². The number of carbonyl (C=O) groups excluding carboxylic acids is 1. The Morgan fingerprint density at radius 1 is 1.26 bits per heavy atom. The number of rotatable bonds is 5. The lowest BCUT2D eigenvalue weighted by Crippen LogP contribution is -2.48. The topological polar surface area (TPSA) is 52.9 Å². The molecule has 0 bridgehead atoms. The molecule has 3 rings (SSSR count). The van der Waals surface area contributed by atoms with E-state index in [2.05, 4.69) is 27.0 Å². The van der Waals surface area contributed by atoms with Crippen molar-refractivity contribution in [3.63, 3.8) is 0 Å². The van der Waals surface area contributed by atoms with Crippen molar-refractivity contribution in [1.29, 1.82) is 0 Å². The molecule has 0 unspecified atom stereocenters. The van der Waals surface area contributed by atoms with Gasteiger partial charge in [-0.25, -0.2) is 4.98 Å². The van der Waals surface area contributed by atoms with E-state index in [0.29, 0.717) is 12.2 Å². The first-order valence-electron chi connectivity index (χ1n) is 8.34. The summed E-state index contributed by atoms with van der Waals surface area (Å²) in [6, 6.07) is 3.98. The third-order valence-electron chi connectivity index (χ3n) is 4.47. The van der Waals surface area contributed by atoms with Gasteiger partial charge in [0.15, 0.2) is 0 Å². The van der Waals surface area contributed by atoms with E-state index in [0.717, 1.165) is 50.5 Å². The summed E-state index contributed by atoms with van der Waals surface area (Å²) in [6.45, 7) is 11.3. The number of carbonyl (C=O) groups is 1. The highest BCUT2D eigenvalue weighted by Crippen LogP contribution is 2.07. The third kappa shape index (κ3) is 3.89. The molecule has 6 nitrogen and oxygen atoms in total. The van der Waals surface area contributed by atoms with E-state index < -0.39 is 0 Å². The fourth-order valence-corrected chi connectivity index (χ4v) is 2.94. The number of amides is 1. The minimum Gasteiger partial charge on any atom is -0.349 e.